The van der Waals surface area contributed by atoms with E-state index in [-0.39, 0.29) is 11.4 Å². The zero-order valence-electron chi connectivity index (χ0n) is 12.1. The number of hydrogen-bond acceptors (Lipinski definition) is 3. The summed E-state index contributed by atoms with van der Waals surface area (Å²) in [7, 11) is -3.66. The Kier molecular flexibility index (Phi) is 4.68. The molecule has 1 aromatic carbocycles. The molecule has 0 heterocycles. The number of aliphatic carboxylic acids is 1. The number of sulfonamides is 1. The monoisotopic (exact) mass is 311 g/mol. The highest BCUT2D eigenvalue weighted by Gasteiger charge is 2.40. The van der Waals surface area contributed by atoms with E-state index in [1.54, 1.807) is 12.1 Å². The number of carbonyl (C=O) groups is 1. The molecule has 1 aromatic rings. The van der Waals surface area contributed by atoms with Crippen LogP contribution in [0.3, 0.4) is 0 Å². The molecule has 116 valence electrons. The summed E-state index contributed by atoms with van der Waals surface area (Å²) in [4.78, 5) is 11.7. The van der Waals surface area contributed by atoms with Crippen LogP contribution in [0.5, 0.6) is 0 Å². The van der Waals surface area contributed by atoms with Crippen molar-refractivity contribution in [1.29, 1.82) is 0 Å². The van der Waals surface area contributed by atoms with Crippen molar-refractivity contribution < 1.29 is 18.3 Å². The van der Waals surface area contributed by atoms with Gasteiger partial charge in [-0.25, -0.2) is 13.1 Å². The highest BCUT2D eigenvalue weighted by atomic mass is 32.2. The third kappa shape index (κ3) is 3.63. The van der Waals surface area contributed by atoms with Crippen LogP contribution in [-0.4, -0.2) is 26.0 Å². The highest BCUT2D eigenvalue weighted by Crippen LogP contribution is 2.36. The molecule has 0 amide bonds. The summed E-state index contributed by atoms with van der Waals surface area (Å²) in [5, 5.41) is 9.46. The normalized spacial score (nSPS) is 18.3. The molecule has 0 radical (unpaired) electrons. The average Bonchev–Trinajstić information content (AvgIpc) is 2.46. The molecule has 0 spiro atoms. The van der Waals surface area contributed by atoms with Crippen LogP contribution < -0.4 is 4.72 Å². The fourth-order valence-electron chi connectivity index (χ4n) is 2.73. The summed E-state index contributed by atoms with van der Waals surface area (Å²) in [5.74, 6) is -0.909. The second kappa shape index (κ2) is 6.15. The van der Waals surface area contributed by atoms with E-state index in [2.05, 4.69) is 4.72 Å². The maximum Gasteiger partial charge on any atom is 0.310 e. The lowest BCUT2D eigenvalue weighted by molar-refractivity contribution is -0.150. The lowest BCUT2D eigenvalue weighted by Crippen LogP contribution is -2.44. The van der Waals surface area contributed by atoms with E-state index < -0.39 is 21.4 Å². The Balaban J connectivity index is 2.13. The Bertz CT molecular complexity index is 601. The van der Waals surface area contributed by atoms with Gasteiger partial charge in [-0.1, -0.05) is 37.0 Å². The maximum absolute atomic E-state index is 12.2. The summed E-state index contributed by atoms with van der Waals surface area (Å²) in [6, 6.07) is 6.52. The Morgan fingerprint density at radius 2 is 1.76 bits per heavy atom. The number of carboxylic acids is 1. The molecule has 0 bridgehead atoms. The molecule has 5 nitrogen and oxygen atoms in total. The zero-order valence-corrected chi connectivity index (χ0v) is 12.9. The van der Waals surface area contributed by atoms with Crippen molar-refractivity contribution in [3.8, 4) is 0 Å². The minimum absolute atomic E-state index is 0.0431. The van der Waals surface area contributed by atoms with Gasteiger partial charge in [0.1, 0.15) is 0 Å². The molecule has 6 heteroatoms. The summed E-state index contributed by atoms with van der Waals surface area (Å²) in [6.45, 7) is 1.84. The van der Waals surface area contributed by atoms with Crippen molar-refractivity contribution in [2.75, 3.05) is 6.54 Å². The molecular weight excluding hydrogens is 290 g/mol. The van der Waals surface area contributed by atoms with Crippen molar-refractivity contribution >= 4 is 16.0 Å². The zero-order chi connectivity index (χ0) is 15.5. The van der Waals surface area contributed by atoms with E-state index in [4.69, 9.17) is 0 Å². The molecule has 2 N–H and O–H groups in total. The van der Waals surface area contributed by atoms with Crippen molar-refractivity contribution in [2.24, 2.45) is 5.41 Å². The van der Waals surface area contributed by atoms with Gasteiger partial charge in [-0.15, -0.1) is 0 Å². The Hall–Kier alpha value is -1.40. The van der Waals surface area contributed by atoms with Gasteiger partial charge in [-0.3, -0.25) is 4.79 Å². The minimum atomic E-state index is -3.66. The first kappa shape index (κ1) is 16.0. The van der Waals surface area contributed by atoms with Gasteiger partial charge in [0.25, 0.3) is 0 Å². The molecule has 0 saturated heterocycles. The van der Waals surface area contributed by atoms with Crippen molar-refractivity contribution in [3.05, 3.63) is 29.8 Å². The lowest BCUT2D eigenvalue weighted by Gasteiger charge is -2.33. The number of hydrogen-bond donors (Lipinski definition) is 2. The van der Waals surface area contributed by atoms with Crippen LogP contribution in [0.25, 0.3) is 0 Å². The third-order valence-electron chi connectivity index (χ3n) is 4.20. The van der Waals surface area contributed by atoms with Gasteiger partial charge in [-0.05, 0) is 31.9 Å². The topological polar surface area (TPSA) is 83.5 Å². The lowest BCUT2D eigenvalue weighted by atomic mass is 9.74. The molecular formula is C15H21NO4S. The summed E-state index contributed by atoms with van der Waals surface area (Å²) < 4.78 is 27.0. The largest absolute Gasteiger partial charge is 0.481 e. The number of benzene rings is 1. The van der Waals surface area contributed by atoms with E-state index in [1.165, 1.54) is 12.1 Å². The van der Waals surface area contributed by atoms with Crippen LogP contribution in [0, 0.1) is 12.3 Å². The van der Waals surface area contributed by atoms with Crippen molar-refractivity contribution in [1.82, 2.24) is 4.72 Å². The molecule has 1 aliphatic carbocycles. The van der Waals surface area contributed by atoms with E-state index in [0.717, 1.165) is 24.8 Å². The van der Waals surface area contributed by atoms with E-state index in [1.807, 2.05) is 6.92 Å². The van der Waals surface area contributed by atoms with Gasteiger partial charge in [0.2, 0.25) is 10.0 Å². The molecule has 0 unspecified atom stereocenters. The molecule has 2 rings (SSSR count). The van der Waals surface area contributed by atoms with E-state index >= 15 is 0 Å². The number of nitrogens with one attached hydrogen (secondary N) is 1. The average molecular weight is 311 g/mol. The molecule has 0 aliphatic heterocycles. The second-order valence-electron chi connectivity index (χ2n) is 5.78. The second-order valence-corrected chi connectivity index (χ2v) is 7.55. The summed E-state index contributed by atoms with van der Waals surface area (Å²) >= 11 is 0. The van der Waals surface area contributed by atoms with Crippen LogP contribution in [0.1, 0.15) is 37.7 Å². The van der Waals surface area contributed by atoms with Crippen molar-refractivity contribution in [3.63, 3.8) is 0 Å². The highest BCUT2D eigenvalue weighted by molar-refractivity contribution is 7.89. The quantitative estimate of drug-likeness (QED) is 0.874. The Labute approximate surface area is 125 Å². The first-order chi connectivity index (χ1) is 9.86. The molecule has 1 saturated carbocycles. The molecule has 0 atom stereocenters. The fraction of sp³-hybridized carbons (Fsp3) is 0.533. The predicted molar refractivity (Wildman–Crippen MR) is 79.5 cm³/mol. The Morgan fingerprint density at radius 1 is 1.19 bits per heavy atom. The van der Waals surface area contributed by atoms with Gasteiger partial charge in [0, 0.05) is 6.54 Å². The van der Waals surface area contributed by atoms with E-state index in [0.29, 0.717) is 12.8 Å². The van der Waals surface area contributed by atoms with Gasteiger partial charge in [0.15, 0.2) is 0 Å². The van der Waals surface area contributed by atoms with Gasteiger partial charge in [0.05, 0.1) is 10.3 Å². The molecule has 1 fully saturated rings. The Morgan fingerprint density at radius 3 is 2.29 bits per heavy atom. The number of rotatable bonds is 5. The maximum atomic E-state index is 12.2. The van der Waals surface area contributed by atoms with Crippen LogP contribution in [0.2, 0.25) is 0 Å². The first-order valence-corrected chi connectivity index (χ1v) is 8.64. The number of aryl methyl sites for hydroxylation is 1. The fourth-order valence-corrected chi connectivity index (χ4v) is 3.86. The molecule has 0 aromatic heterocycles. The van der Waals surface area contributed by atoms with E-state index in [9.17, 15) is 18.3 Å². The van der Waals surface area contributed by atoms with Gasteiger partial charge in [-0.2, -0.15) is 0 Å². The predicted octanol–water partition coefficient (Wildman–Crippen LogP) is 2.31. The SMILES string of the molecule is Cc1ccc(S(=O)(=O)NCC2(C(=O)O)CCCCC2)cc1. The molecule has 1 aliphatic rings. The first-order valence-electron chi connectivity index (χ1n) is 7.15. The van der Waals surface area contributed by atoms with Crippen LogP contribution in [0.4, 0.5) is 0 Å². The van der Waals surface area contributed by atoms with Gasteiger partial charge < -0.3 is 5.11 Å². The third-order valence-corrected chi connectivity index (χ3v) is 5.61. The summed E-state index contributed by atoms with van der Waals surface area (Å²) in [6.07, 6.45) is 3.73. The minimum Gasteiger partial charge on any atom is -0.481 e. The standard InChI is InChI=1S/C15H21NO4S/c1-12-5-7-13(8-6-12)21(19,20)16-11-15(14(17)18)9-3-2-4-10-15/h5-8,16H,2-4,9-11H2,1H3,(H,17,18). The van der Waals surface area contributed by atoms with Crippen LogP contribution in [-0.2, 0) is 14.8 Å². The van der Waals surface area contributed by atoms with Gasteiger partial charge >= 0.3 is 5.97 Å². The molecule has 21 heavy (non-hydrogen) atoms. The van der Waals surface area contributed by atoms with Crippen molar-refractivity contribution in [2.45, 2.75) is 43.9 Å². The smallest absolute Gasteiger partial charge is 0.310 e. The summed E-state index contributed by atoms with van der Waals surface area (Å²) in [5.41, 5.74) is 0.0129. The number of carboxylic acid groups (broad SMARTS) is 1. The van der Waals surface area contributed by atoms with Crippen LogP contribution in [0.15, 0.2) is 29.2 Å². The van der Waals surface area contributed by atoms with Crippen LogP contribution >= 0.6 is 0 Å².